The van der Waals surface area contributed by atoms with Gasteiger partial charge in [0.05, 0.1) is 23.6 Å². The largest absolute Gasteiger partial charge is 0.487 e. The molecule has 0 spiro atoms. The monoisotopic (exact) mass is 377 g/mol. The van der Waals surface area contributed by atoms with Crippen LogP contribution in [0.2, 0.25) is 0 Å². The fraction of sp³-hybridized carbons (Fsp3) is 0.227. The Labute approximate surface area is 162 Å². The Morgan fingerprint density at radius 1 is 1.21 bits per heavy atom. The molecule has 1 aromatic heterocycles. The lowest BCUT2D eigenvalue weighted by Gasteiger charge is -2.14. The molecule has 0 unspecified atom stereocenters. The third-order valence-electron chi connectivity index (χ3n) is 4.76. The Kier molecular flexibility index (Phi) is 4.77. The SMILES string of the molecule is Cc1cnc(C)c(-c2cccc3c2O[C@H](CNC(=O)c2ccc(F)cc2)C3)n1. The molecule has 1 aliphatic rings. The maximum atomic E-state index is 13.0. The van der Waals surface area contributed by atoms with E-state index < -0.39 is 0 Å². The first-order valence-electron chi connectivity index (χ1n) is 9.14. The zero-order chi connectivity index (χ0) is 19.7. The summed E-state index contributed by atoms with van der Waals surface area (Å²) in [4.78, 5) is 21.3. The second-order valence-electron chi connectivity index (χ2n) is 6.90. The first kappa shape index (κ1) is 18.1. The molecule has 2 aromatic carbocycles. The lowest BCUT2D eigenvalue weighted by molar-refractivity contribution is 0.0933. The third-order valence-corrected chi connectivity index (χ3v) is 4.76. The van der Waals surface area contributed by atoms with Crippen molar-refractivity contribution >= 4 is 5.91 Å². The van der Waals surface area contributed by atoms with Gasteiger partial charge in [-0.15, -0.1) is 0 Å². The Balaban J connectivity index is 1.49. The van der Waals surface area contributed by atoms with Gasteiger partial charge in [0.25, 0.3) is 5.91 Å². The van der Waals surface area contributed by atoms with Crippen molar-refractivity contribution in [3.05, 3.63) is 77.0 Å². The summed E-state index contributed by atoms with van der Waals surface area (Å²) in [6, 6.07) is 11.5. The van der Waals surface area contributed by atoms with E-state index >= 15 is 0 Å². The van der Waals surface area contributed by atoms with Crippen LogP contribution in [0.5, 0.6) is 5.75 Å². The fourth-order valence-electron chi connectivity index (χ4n) is 3.34. The van der Waals surface area contributed by atoms with Gasteiger partial charge in [0.1, 0.15) is 17.7 Å². The molecule has 142 valence electrons. The molecule has 5 nitrogen and oxygen atoms in total. The standard InChI is InChI=1S/C22H20FN3O2/c1-13-11-24-14(2)20(26-13)19-5-3-4-16-10-18(28-21(16)19)12-25-22(27)15-6-8-17(23)9-7-15/h3-9,11,18H,10,12H2,1-2H3,(H,25,27)/t18-/m0/s1. The number of para-hydroxylation sites is 1. The molecular weight excluding hydrogens is 357 g/mol. The van der Waals surface area contributed by atoms with Gasteiger partial charge in [-0.2, -0.15) is 0 Å². The molecule has 3 aromatic rings. The van der Waals surface area contributed by atoms with E-state index in [0.717, 1.165) is 34.0 Å². The van der Waals surface area contributed by atoms with Gasteiger partial charge in [-0.1, -0.05) is 12.1 Å². The van der Waals surface area contributed by atoms with E-state index in [-0.39, 0.29) is 17.8 Å². The van der Waals surface area contributed by atoms with Crippen LogP contribution in [0.4, 0.5) is 4.39 Å². The van der Waals surface area contributed by atoms with Gasteiger partial charge in [0.15, 0.2) is 0 Å². The van der Waals surface area contributed by atoms with Crippen LogP contribution in [0.25, 0.3) is 11.3 Å². The number of rotatable bonds is 4. The molecule has 0 radical (unpaired) electrons. The number of aryl methyl sites for hydroxylation is 2. The number of halogens is 1. The van der Waals surface area contributed by atoms with Crippen molar-refractivity contribution in [1.29, 1.82) is 0 Å². The Bertz CT molecular complexity index is 1030. The smallest absolute Gasteiger partial charge is 0.251 e. The number of nitrogens with one attached hydrogen (secondary N) is 1. The summed E-state index contributed by atoms with van der Waals surface area (Å²) in [5.74, 6) is 0.180. The van der Waals surface area contributed by atoms with Crippen LogP contribution in [0, 0.1) is 19.7 Å². The normalized spacial score (nSPS) is 15.0. The van der Waals surface area contributed by atoms with E-state index in [1.54, 1.807) is 6.20 Å². The first-order valence-corrected chi connectivity index (χ1v) is 9.14. The number of hydrogen-bond acceptors (Lipinski definition) is 4. The number of carbonyl (C=O) groups excluding carboxylic acids is 1. The van der Waals surface area contributed by atoms with Gasteiger partial charge in [-0.05, 0) is 49.7 Å². The van der Waals surface area contributed by atoms with Crippen molar-refractivity contribution < 1.29 is 13.9 Å². The molecule has 2 heterocycles. The van der Waals surface area contributed by atoms with Gasteiger partial charge in [0.2, 0.25) is 0 Å². The van der Waals surface area contributed by atoms with Gasteiger partial charge < -0.3 is 10.1 Å². The van der Waals surface area contributed by atoms with Gasteiger partial charge in [-0.25, -0.2) is 9.37 Å². The second kappa shape index (κ2) is 7.38. The number of ether oxygens (including phenoxy) is 1. The van der Waals surface area contributed by atoms with Crippen LogP contribution in [-0.4, -0.2) is 28.5 Å². The molecule has 4 rings (SSSR count). The van der Waals surface area contributed by atoms with Crippen molar-refractivity contribution in [2.24, 2.45) is 0 Å². The molecule has 28 heavy (non-hydrogen) atoms. The van der Waals surface area contributed by atoms with Crippen molar-refractivity contribution in [1.82, 2.24) is 15.3 Å². The lowest BCUT2D eigenvalue weighted by Crippen LogP contribution is -2.34. The Morgan fingerprint density at radius 2 is 2.00 bits per heavy atom. The topological polar surface area (TPSA) is 64.1 Å². The number of carbonyl (C=O) groups is 1. The van der Waals surface area contributed by atoms with Crippen LogP contribution in [0.15, 0.2) is 48.7 Å². The summed E-state index contributed by atoms with van der Waals surface area (Å²) < 4.78 is 19.2. The average Bonchev–Trinajstić information content (AvgIpc) is 3.12. The zero-order valence-corrected chi connectivity index (χ0v) is 15.7. The number of amides is 1. The number of aromatic nitrogens is 2. The molecule has 0 saturated heterocycles. The van der Waals surface area contributed by atoms with Crippen molar-refractivity contribution in [2.45, 2.75) is 26.4 Å². The van der Waals surface area contributed by atoms with Crippen molar-refractivity contribution in [3.63, 3.8) is 0 Å². The molecule has 1 aliphatic heterocycles. The first-order chi connectivity index (χ1) is 13.5. The van der Waals surface area contributed by atoms with E-state index in [2.05, 4.69) is 15.3 Å². The molecule has 0 saturated carbocycles. The van der Waals surface area contributed by atoms with E-state index in [9.17, 15) is 9.18 Å². The number of hydrogen-bond donors (Lipinski definition) is 1. The van der Waals surface area contributed by atoms with Gasteiger partial charge in [0, 0.05) is 23.7 Å². The zero-order valence-electron chi connectivity index (χ0n) is 15.7. The minimum Gasteiger partial charge on any atom is -0.487 e. The Morgan fingerprint density at radius 3 is 2.79 bits per heavy atom. The molecule has 1 N–H and O–H groups in total. The van der Waals surface area contributed by atoms with Gasteiger partial charge >= 0.3 is 0 Å². The predicted octanol–water partition coefficient (Wildman–Crippen LogP) is 3.63. The van der Waals surface area contributed by atoms with Crippen molar-refractivity contribution in [2.75, 3.05) is 6.54 Å². The van der Waals surface area contributed by atoms with Crippen LogP contribution in [0.1, 0.15) is 27.3 Å². The molecular formula is C22H20FN3O2. The third kappa shape index (κ3) is 3.58. The molecule has 1 atom stereocenters. The highest BCUT2D eigenvalue weighted by Crippen LogP contribution is 2.38. The maximum absolute atomic E-state index is 13.0. The highest BCUT2D eigenvalue weighted by atomic mass is 19.1. The summed E-state index contributed by atoms with van der Waals surface area (Å²) >= 11 is 0. The summed E-state index contributed by atoms with van der Waals surface area (Å²) in [6.07, 6.45) is 2.28. The molecule has 0 bridgehead atoms. The van der Waals surface area contributed by atoms with Crippen LogP contribution >= 0.6 is 0 Å². The number of nitrogens with zero attached hydrogens (tertiary/aromatic N) is 2. The molecule has 0 fully saturated rings. The average molecular weight is 377 g/mol. The summed E-state index contributed by atoms with van der Waals surface area (Å²) in [5, 5.41) is 2.86. The highest BCUT2D eigenvalue weighted by Gasteiger charge is 2.27. The lowest BCUT2D eigenvalue weighted by atomic mass is 10.0. The van der Waals surface area contributed by atoms with Crippen LogP contribution < -0.4 is 10.1 Å². The molecule has 0 aliphatic carbocycles. The second-order valence-corrected chi connectivity index (χ2v) is 6.90. The number of benzene rings is 2. The Hall–Kier alpha value is -3.28. The number of fused-ring (bicyclic) bond motifs is 1. The van der Waals surface area contributed by atoms with Crippen LogP contribution in [0.3, 0.4) is 0 Å². The summed E-state index contributed by atoms with van der Waals surface area (Å²) in [7, 11) is 0. The summed E-state index contributed by atoms with van der Waals surface area (Å²) in [5.41, 5.74) is 4.92. The van der Waals surface area contributed by atoms with Crippen LogP contribution in [-0.2, 0) is 6.42 Å². The summed E-state index contributed by atoms with van der Waals surface area (Å²) in [6.45, 7) is 4.20. The fourth-order valence-corrected chi connectivity index (χ4v) is 3.34. The highest BCUT2D eigenvalue weighted by molar-refractivity contribution is 5.94. The predicted molar refractivity (Wildman–Crippen MR) is 104 cm³/mol. The van der Waals surface area contributed by atoms with Crippen molar-refractivity contribution in [3.8, 4) is 17.0 Å². The molecule has 1 amide bonds. The van der Waals surface area contributed by atoms with E-state index in [4.69, 9.17) is 4.74 Å². The maximum Gasteiger partial charge on any atom is 0.251 e. The minimum atomic E-state index is -0.367. The minimum absolute atomic E-state index is 0.168. The van der Waals surface area contributed by atoms with E-state index in [0.29, 0.717) is 18.5 Å². The van der Waals surface area contributed by atoms with E-state index in [1.165, 1.54) is 24.3 Å². The molecule has 6 heteroatoms. The quantitative estimate of drug-likeness (QED) is 0.754. The van der Waals surface area contributed by atoms with E-state index in [1.807, 2.05) is 32.0 Å². The van der Waals surface area contributed by atoms with Gasteiger partial charge in [-0.3, -0.25) is 9.78 Å².